The van der Waals surface area contributed by atoms with E-state index in [1.807, 2.05) is 12.1 Å². The number of anilines is 2. The van der Waals surface area contributed by atoms with Crippen molar-refractivity contribution in [2.75, 3.05) is 43.7 Å². The number of aliphatic hydroxyl groups is 7. The van der Waals surface area contributed by atoms with Gasteiger partial charge in [-0.1, -0.05) is 37.1 Å². The van der Waals surface area contributed by atoms with Crippen LogP contribution in [0.2, 0.25) is 10.6 Å². The second kappa shape index (κ2) is 23.2. The van der Waals surface area contributed by atoms with Crippen LogP contribution in [-0.4, -0.2) is 192 Å². The summed E-state index contributed by atoms with van der Waals surface area (Å²) in [5.74, 6) is -0.722. The Morgan fingerprint density at radius 2 is 1.21 bits per heavy atom. The summed E-state index contributed by atoms with van der Waals surface area (Å²) in [6, 6.07) is 9.24. The normalized spacial score (nSPS) is 25.4. The van der Waals surface area contributed by atoms with Crippen LogP contribution in [0, 0.1) is 0 Å². The fourth-order valence-electron chi connectivity index (χ4n) is 10.8. The molecule has 0 radical (unpaired) electrons. The fraction of sp³-hybridized carbons (Fsp3) is 0.521. The minimum Gasteiger partial charge on any atom is -0.478 e. The number of rotatable bonds is 21. The number of hydrogen-bond donors (Lipinski definition) is 14. The Hall–Kier alpha value is -4.95. The van der Waals surface area contributed by atoms with E-state index in [1.165, 1.54) is 35.3 Å². The summed E-state index contributed by atoms with van der Waals surface area (Å²) in [6.45, 7) is -5.37. The van der Waals surface area contributed by atoms with E-state index in [9.17, 15) is 74.4 Å². The third-order valence-electron chi connectivity index (χ3n) is 15.4. The van der Waals surface area contributed by atoms with Gasteiger partial charge < -0.3 is 90.0 Å². The van der Waals surface area contributed by atoms with E-state index in [2.05, 4.69) is 40.8 Å². The van der Waals surface area contributed by atoms with Gasteiger partial charge in [0.1, 0.15) is 48.3 Å². The van der Waals surface area contributed by atoms with Gasteiger partial charge >= 0.3 is 21.2 Å². The molecule has 438 valence electrons. The van der Waals surface area contributed by atoms with Gasteiger partial charge in [-0.25, -0.2) is 14.2 Å². The SMILES string of the molecule is O=C(O)c1cc(CC(CO)(OC[C@H]2O[C@@H](n3ncc4c(NC5CCCC5)nc(Cl)nc43)[C@H](O)[C@@H]2O)P(=O)(O)O)cc(-c2ccc3c(c2)CCC[C@H]3Nc2nc(Cl)nc3c2cnn3[C@@H]2O[C@H](COC(CO)(CO)P(=O)(O)O)[C@@H](O)[C@H]2O)c1. The lowest BCUT2D eigenvalue weighted by Crippen LogP contribution is -2.44. The molecule has 81 heavy (non-hydrogen) atoms. The van der Waals surface area contributed by atoms with Gasteiger partial charge in [-0.2, -0.15) is 30.1 Å². The molecular formula is C48H58Cl2N10O19P2. The van der Waals surface area contributed by atoms with Crippen LogP contribution in [0.5, 0.6) is 0 Å². The van der Waals surface area contributed by atoms with Gasteiger partial charge in [-0.05, 0) is 95.3 Å². The third kappa shape index (κ3) is 11.4. The number of benzene rings is 2. The first kappa shape index (κ1) is 59.2. The van der Waals surface area contributed by atoms with Crippen molar-refractivity contribution in [3.63, 3.8) is 0 Å². The Morgan fingerprint density at radius 1 is 0.679 bits per heavy atom. The zero-order chi connectivity index (χ0) is 57.9. The highest BCUT2D eigenvalue weighted by atomic mass is 35.5. The van der Waals surface area contributed by atoms with Crippen molar-refractivity contribution in [3.05, 3.63) is 81.6 Å². The third-order valence-corrected chi connectivity index (χ3v) is 18.7. The minimum atomic E-state index is -5.48. The number of hydrogen-bond acceptors (Lipinski definition) is 22. The summed E-state index contributed by atoms with van der Waals surface area (Å²) in [5, 5.41) is 95.2. The molecule has 1 unspecified atom stereocenters. The predicted molar refractivity (Wildman–Crippen MR) is 283 cm³/mol. The number of aryl methyl sites for hydroxylation is 1. The molecule has 29 nitrogen and oxygen atoms in total. The van der Waals surface area contributed by atoms with E-state index >= 15 is 0 Å². The summed E-state index contributed by atoms with van der Waals surface area (Å²) in [5.41, 5.74) is 2.57. The molecule has 2 aliphatic heterocycles. The Morgan fingerprint density at radius 3 is 1.73 bits per heavy atom. The van der Waals surface area contributed by atoms with Gasteiger partial charge in [0.25, 0.3) is 0 Å². The van der Waals surface area contributed by atoms with Gasteiger partial charge in [0.2, 0.25) is 15.9 Å². The summed E-state index contributed by atoms with van der Waals surface area (Å²) in [6.07, 6.45) is -4.55. The average molecular weight is 1210 g/mol. The minimum absolute atomic E-state index is 0.0522. The molecule has 2 aliphatic carbocycles. The zero-order valence-corrected chi connectivity index (χ0v) is 45.8. The van der Waals surface area contributed by atoms with Gasteiger partial charge in [0.15, 0.2) is 29.1 Å². The highest BCUT2D eigenvalue weighted by molar-refractivity contribution is 7.53. The molecule has 1 saturated carbocycles. The van der Waals surface area contributed by atoms with Crippen LogP contribution >= 0.6 is 38.4 Å². The standard InChI is InChI=1S/C48H58Cl2N10O19P2/c49-45-55-38(53-27-5-1-2-6-27)29-15-51-59(40(29)57-45)42-36(66)34(64)32(78-42)17-76-47(19-61,80(70,71)72)14-22-10-25(13-26(11-22)44(68)69)23-8-9-28-24(12-23)4-3-7-31(28)54-39-30-16-52-60(41(30)58-46(50)56-39)43-37(67)35(65)33(79-43)18-77-48(20-62,21-63)81(73,74)75/h8-13,15-16,27,31-37,42-43,61-67H,1-7,14,17-21H2,(H,68,69)(H,53,55,57)(H,54,56,58)(H2,70,71,72)(H2,73,74,75)/t31-,32-,33-,34-,35-,36-,37-,42-,43-,47?/m1/s1. The lowest BCUT2D eigenvalue weighted by molar-refractivity contribution is -0.121. The molecule has 3 fully saturated rings. The van der Waals surface area contributed by atoms with Crippen molar-refractivity contribution < 1.29 is 93.3 Å². The monoisotopic (exact) mass is 1210 g/mol. The van der Waals surface area contributed by atoms with Crippen molar-refractivity contribution in [1.82, 2.24) is 39.5 Å². The maximum Gasteiger partial charge on any atom is 0.361 e. The lowest BCUT2D eigenvalue weighted by Gasteiger charge is -2.34. The molecule has 0 spiro atoms. The number of aliphatic hydroxyl groups excluding tert-OH is 7. The maximum atomic E-state index is 13.4. The molecule has 10 rings (SSSR count). The Labute approximate surface area is 468 Å². The number of fused-ring (bicyclic) bond motifs is 3. The molecule has 2 saturated heterocycles. The highest BCUT2D eigenvalue weighted by Crippen LogP contribution is 2.54. The number of aromatic carboxylic acids is 1. The predicted octanol–water partition coefficient (Wildman–Crippen LogP) is 1.72. The number of halogens is 2. The van der Waals surface area contributed by atoms with E-state index < -0.39 is 126 Å². The molecule has 2 aromatic carbocycles. The summed E-state index contributed by atoms with van der Waals surface area (Å²) < 4.78 is 50.7. The van der Waals surface area contributed by atoms with E-state index in [0.29, 0.717) is 47.0 Å². The molecule has 14 N–H and O–H groups in total. The van der Waals surface area contributed by atoms with Crippen molar-refractivity contribution >= 4 is 78.1 Å². The average Bonchev–Trinajstić information content (AvgIpc) is 4.38. The van der Waals surface area contributed by atoms with E-state index in [1.54, 1.807) is 6.07 Å². The van der Waals surface area contributed by atoms with E-state index in [-0.39, 0.29) is 44.8 Å². The van der Waals surface area contributed by atoms with Gasteiger partial charge in [-0.3, -0.25) is 9.13 Å². The number of nitrogens with zero attached hydrogens (tertiary/aromatic N) is 8. The molecule has 0 bridgehead atoms. The Balaban J connectivity index is 0.861. The topological polar surface area (TPSA) is 442 Å². The lowest BCUT2D eigenvalue weighted by atomic mass is 9.85. The van der Waals surface area contributed by atoms with Gasteiger partial charge in [0, 0.05) is 12.5 Å². The zero-order valence-electron chi connectivity index (χ0n) is 42.5. The number of aromatic nitrogens is 8. The van der Waals surface area contributed by atoms with Crippen LogP contribution in [0.3, 0.4) is 0 Å². The first-order valence-corrected chi connectivity index (χ1v) is 29.6. The summed E-state index contributed by atoms with van der Waals surface area (Å²) >= 11 is 12.7. The quantitative estimate of drug-likeness (QED) is 0.0360. The van der Waals surface area contributed by atoms with Gasteiger partial charge in [-0.15, -0.1) is 0 Å². The fourth-order valence-corrected chi connectivity index (χ4v) is 12.6. The largest absolute Gasteiger partial charge is 0.478 e. The van der Waals surface area contributed by atoms with Crippen LogP contribution in [0.15, 0.2) is 48.8 Å². The number of carboxylic acids is 1. The smallest absolute Gasteiger partial charge is 0.361 e. The van der Waals surface area contributed by atoms with Crippen LogP contribution in [0.1, 0.15) is 84.1 Å². The molecule has 4 aliphatic rings. The number of nitrogens with one attached hydrogen (secondary N) is 2. The van der Waals surface area contributed by atoms with E-state index in [0.717, 1.165) is 41.5 Å². The van der Waals surface area contributed by atoms with Crippen molar-refractivity contribution in [2.24, 2.45) is 0 Å². The van der Waals surface area contributed by atoms with Crippen LogP contribution < -0.4 is 10.6 Å². The summed E-state index contributed by atoms with van der Waals surface area (Å²) in [4.78, 5) is 71.1. The first-order valence-electron chi connectivity index (χ1n) is 25.6. The molecule has 6 aromatic rings. The number of ether oxygens (including phenoxy) is 4. The van der Waals surface area contributed by atoms with Crippen LogP contribution in [-0.2, 0) is 40.9 Å². The number of carboxylic acid groups (broad SMARTS) is 1. The van der Waals surface area contributed by atoms with Crippen molar-refractivity contribution in [2.45, 2.75) is 123 Å². The second-order valence-corrected chi connectivity index (χ2v) is 25.0. The van der Waals surface area contributed by atoms with E-state index in [4.69, 9.17) is 42.1 Å². The second-order valence-electron chi connectivity index (χ2n) is 20.5. The number of carbonyl (C=O) groups is 1. The first-order chi connectivity index (χ1) is 38.5. The Kier molecular flexibility index (Phi) is 17.0. The summed E-state index contributed by atoms with van der Waals surface area (Å²) in [7, 11) is -10.7. The van der Waals surface area contributed by atoms with Crippen molar-refractivity contribution in [1.29, 1.82) is 0 Å². The molecule has 0 amide bonds. The molecule has 10 atom stereocenters. The molecule has 6 heterocycles. The molecule has 33 heteroatoms. The molecule has 4 aromatic heterocycles. The van der Waals surface area contributed by atoms with Gasteiger partial charge in [0.05, 0.1) is 67.8 Å². The van der Waals surface area contributed by atoms with Crippen molar-refractivity contribution in [3.8, 4) is 11.1 Å². The van der Waals surface area contributed by atoms with Crippen LogP contribution in [0.4, 0.5) is 11.6 Å². The van der Waals surface area contributed by atoms with Crippen LogP contribution in [0.25, 0.3) is 33.2 Å². The Bertz CT molecular complexity index is 3420. The molecular weight excluding hydrogens is 1150 g/mol. The highest BCUT2D eigenvalue weighted by Gasteiger charge is 2.53. The maximum absolute atomic E-state index is 13.4.